The van der Waals surface area contributed by atoms with Crippen LogP contribution in [0.3, 0.4) is 0 Å². The number of fused-ring (bicyclic) bond motifs is 1. The Morgan fingerprint density at radius 3 is 2.29 bits per heavy atom. The predicted octanol–water partition coefficient (Wildman–Crippen LogP) is 2.80. The zero-order valence-corrected chi connectivity index (χ0v) is 10.6. The van der Waals surface area contributed by atoms with Crippen molar-refractivity contribution >= 4 is 17.2 Å². The van der Waals surface area contributed by atoms with Crippen molar-refractivity contribution in [2.24, 2.45) is 0 Å². The van der Waals surface area contributed by atoms with Gasteiger partial charge < -0.3 is 0 Å². The second kappa shape index (κ2) is 4.67. The lowest BCUT2D eigenvalue weighted by Crippen LogP contribution is -2.20. The van der Waals surface area contributed by atoms with Crippen molar-refractivity contribution < 1.29 is 4.79 Å². The first-order chi connectivity index (χ1) is 8.13. The quantitative estimate of drug-likeness (QED) is 0.663. The molecule has 3 nitrogen and oxygen atoms in total. The molecule has 2 aliphatic carbocycles. The van der Waals surface area contributed by atoms with Gasteiger partial charge in [0.05, 0.1) is 0 Å². The number of carbonyl (C=O) groups excluding carboxylic acids is 1. The summed E-state index contributed by atoms with van der Waals surface area (Å²) < 4.78 is 1.21. The largest absolute Gasteiger partial charge is 0.314 e. The molecule has 0 unspecified atom stereocenters. The number of aromatic nitrogens is 1. The zero-order valence-electron chi connectivity index (χ0n) is 9.77. The highest BCUT2D eigenvalue weighted by atomic mass is 32.1. The van der Waals surface area contributed by atoms with Gasteiger partial charge in [-0.1, -0.05) is 36.5 Å². The molecule has 0 bridgehead atoms. The van der Waals surface area contributed by atoms with Crippen LogP contribution in [0.5, 0.6) is 0 Å². The van der Waals surface area contributed by atoms with Crippen LogP contribution in [0.1, 0.15) is 24.3 Å². The molecule has 0 N–H and O–H groups in total. The Labute approximate surface area is 103 Å². The Balaban J connectivity index is 0.000000148. The van der Waals surface area contributed by atoms with E-state index in [1.165, 1.54) is 22.6 Å². The molecule has 0 atom stereocenters. The molecule has 4 heteroatoms. The molecule has 1 heterocycles. The molecule has 0 radical (unpaired) electrons. The molecule has 2 aliphatic rings. The van der Waals surface area contributed by atoms with Gasteiger partial charge in [0, 0.05) is 18.0 Å². The summed E-state index contributed by atoms with van der Waals surface area (Å²) in [5, 5.41) is 1.73. The van der Waals surface area contributed by atoms with E-state index in [9.17, 15) is 9.59 Å². The van der Waals surface area contributed by atoms with Crippen LogP contribution in [0.25, 0.3) is 11.1 Å². The normalized spacial score (nSPS) is 10.5. The number of nitrogens with zero attached hydrogens (tertiary/aromatic N) is 1. The highest BCUT2D eigenvalue weighted by molar-refractivity contribution is 7.07. The van der Waals surface area contributed by atoms with Gasteiger partial charge in [-0.2, -0.15) is 0 Å². The number of aryl methyl sites for hydroxylation is 1. The molecule has 0 aromatic carbocycles. The molecule has 17 heavy (non-hydrogen) atoms. The van der Waals surface area contributed by atoms with Crippen molar-refractivity contribution in [1.82, 2.24) is 4.57 Å². The first-order valence-corrected chi connectivity index (χ1v) is 6.32. The van der Waals surface area contributed by atoms with E-state index in [0.29, 0.717) is 0 Å². The molecule has 0 aliphatic heterocycles. The average molecular weight is 247 g/mol. The van der Waals surface area contributed by atoms with Crippen LogP contribution < -0.4 is 4.87 Å². The first kappa shape index (κ1) is 11.8. The summed E-state index contributed by atoms with van der Waals surface area (Å²) >= 11 is 1.07. The highest BCUT2D eigenvalue weighted by Crippen LogP contribution is 2.32. The van der Waals surface area contributed by atoms with E-state index in [0.717, 1.165) is 23.5 Å². The third kappa shape index (κ3) is 2.53. The summed E-state index contributed by atoms with van der Waals surface area (Å²) in [6, 6.07) is 8.48. The summed E-state index contributed by atoms with van der Waals surface area (Å²) in [4.78, 5) is 21.7. The maximum Gasteiger partial charge on any atom is 0.314 e. The number of rotatable bonds is 1. The minimum atomic E-state index is -0.201. The fraction of sp³-hybridized carbons (Fsp3) is 0.231. The van der Waals surface area contributed by atoms with Crippen LogP contribution in [-0.2, 0) is 6.42 Å². The van der Waals surface area contributed by atoms with Crippen LogP contribution in [-0.4, -0.2) is 10.5 Å². The molecule has 1 aromatic heterocycles. The second-order valence-electron chi connectivity index (χ2n) is 3.78. The molecule has 0 amide bonds. The minimum Gasteiger partial charge on any atom is -0.274 e. The number of hydrogen-bond acceptors (Lipinski definition) is 3. The summed E-state index contributed by atoms with van der Waals surface area (Å²) in [6.45, 7) is 3.31. The van der Waals surface area contributed by atoms with Crippen molar-refractivity contribution in [3.63, 3.8) is 0 Å². The molecule has 1 aromatic rings. The lowest BCUT2D eigenvalue weighted by atomic mass is 10.4. The smallest absolute Gasteiger partial charge is 0.274 e. The van der Waals surface area contributed by atoms with E-state index < -0.39 is 0 Å². The lowest BCUT2D eigenvalue weighted by molar-refractivity contribution is 0.0931. The molecule has 88 valence electrons. The van der Waals surface area contributed by atoms with Crippen LogP contribution in [0, 0.1) is 0 Å². The van der Waals surface area contributed by atoms with Crippen LogP contribution in [0.2, 0.25) is 0 Å². The van der Waals surface area contributed by atoms with Crippen molar-refractivity contribution in [1.29, 1.82) is 0 Å². The number of thiazole rings is 1. The number of benzene rings is 1. The van der Waals surface area contributed by atoms with Gasteiger partial charge in [-0.05, 0) is 23.6 Å². The van der Waals surface area contributed by atoms with Gasteiger partial charge in [0.25, 0.3) is 0 Å². The van der Waals surface area contributed by atoms with E-state index in [1.54, 1.807) is 5.38 Å². The molecule has 0 saturated heterocycles. The maximum absolute atomic E-state index is 11.0. The lowest BCUT2D eigenvalue weighted by Gasteiger charge is -1.97. The Kier molecular flexibility index (Phi) is 3.24. The Hall–Kier alpha value is -1.68. The van der Waals surface area contributed by atoms with Crippen molar-refractivity contribution in [2.45, 2.75) is 20.3 Å². The van der Waals surface area contributed by atoms with E-state index in [2.05, 4.69) is 24.3 Å². The molecule has 0 fully saturated rings. The Morgan fingerprint density at radius 2 is 2.00 bits per heavy atom. The first-order valence-electron chi connectivity index (χ1n) is 5.44. The highest BCUT2D eigenvalue weighted by Gasteiger charge is 2.07. The van der Waals surface area contributed by atoms with E-state index in [1.807, 2.05) is 6.92 Å². The van der Waals surface area contributed by atoms with Gasteiger partial charge in [0.1, 0.15) is 0 Å². The van der Waals surface area contributed by atoms with Crippen molar-refractivity contribution in [3.8, 4) is 11.1 Å². The summed E-state index contributed by atoms with van der Waals surface area (Å²) in [6.07, 6.45) is 0.721. The average Bonchev–Trinajstić information content (AvgIpc) is 2.75. The number of hydrogen-bond donors (Lipinski definition) is 0. The van der Waals surface area contributed by atoms with Gasteiger partial charge >= 0.3 is 4.87 Å². The van der Waals surface area contributed by atoms with Crippen LogP contribution in [0.15, 0.2) is 34.4 Å². The summed E-state index contributed by atoms with van der Waals surface area (Å²) in [5.74, 6) is -0.201. The van der Waals surface area contributed by atoms with Crippen LogP contribution in [0.4, 0.5) is 0 Å². The van der Waals surface area contributed by atoms with Gasteiger partial charge in [-0.3, -0.25) is 9.59 Å². The van der Waals surface area contributed by atoms with E-state index in [-0.39, 0.29) is 10.8 Å². The zero-order chi connectivity index (χ0) is 12.4. The fourth-order valence-corrected chi connectivity index (χ4v) is 2.45. The van der Waals surface area contributed by atoms with Crippen molar-refractivity contribution in [2.75, 3.05) is 0 Å². The third-order valence-corrected chi connectivity index (χ3v) is 3.33. The third-order valence-electron chi connectivity index (χ3n) is 2.56. The summed E-state index contributed by atoms with van der Waals surface area (Å²) in [5.41, 5.74) is 3.65. The fourth-order valence-electron chi connectivity index (χ4n) is 1.59. The van der Waals surface area contributed by atoms with Gasteiger partial charge in [-0.15, -0.1) is 0 Å². The van der Waals surface area contributed by atoms with Gasteiger partial charge in [0.2, 0.25) is 5.91 Å². The predicted molar refractivity (Wildman–Crippen MR) is 69.7 cm³/mol. The summed E-state index contributed by atoms with van der Waals surface area (Å²) in [7, 11) is 0. The Bertz CT molecular complexity index is 593. The van der Waals surface area contributed by atoms with E-state index >= 15 is 0 Å². The minimum absolute atomic E-state index is 0.186. The monoisotopic (exact) mass is 247 g/mol. The molecule has 0 saturated carbocycles. The van der Waals surface area contributed by atoms with E-state index in [4.69, 9.17) is 0 Å². The van der Waals surface area contributed by atoms with Gasteiger partial charge in [-0.25, -0.2) is 4.57 Å². The Morgan fingerprint density at radius 1 is 1.35 bits per heavy atom. The van der Waals surface area contributed by atoms with Gasteiger partial charge in [0.15, 0.2) is 0 Å². The number of carbonyl (C=O) groups is 1. The second-order valence-corrected chi connectivity index (χ2v) is 4.60. The topological polar surface area (TPSA) is 39.1 Å². The molecular weight excluding hydrogens is 234 g/mol. The molecule has 0 spiro atoms. The van der Waals surface area contributed by atoms with Crippen molar-refractivity contribution in [3.05, 3.63) is 45.0 Å². The van der Waals surface area contributed by atoms with Crippen LogP contribution >= 0.6 is 11.3 Å². The molecule has 3 rings (SSSR count). The standard InChI is InChI=1S/C7H9NO2S.C6H4/c1-3-6-4-11-7(10)8(6)5(2)9;1-2-5-4-6(5)3-1/h4H,3H2,1-2H3;1-4H. The maximum atomic E-state index is 11.0. The SMILES string of the molecule is CCc1csc(=O)n1C(C)=O.c1cc2cc-2c1. The molecular formula is C13H13NO2S.